The summed E-state index contributed by atoms with van der Waals surface area (Å²) in [6.45, 7) is 5.79. The maximum Gasteiger partial charge on any atom is 0.312 e. The molecular weight excluding hydrogens is 326 g/mol. The van der Waals surface area contributed by atoms with Gasteiger partial charge < -0.3 is 14.5 Å². The van der Waals surface area contributed by atoms with E-state index >= 15 is 0 Å². The summed E-state index contributed by atoms with van der Waals surface area (Å²) in [6, 6.07) is 4.19. The fraction of sp³-hybridized carbons (Fsp3) is 0.714. The van der Waals surface area contributed by atoms with Gasteiger partial charge in [-0.05, 0) is 31.4 Å². The highest BCUT2D eigenvalue weighted by atomic mass is 16.6. The number of nitrogens with zero attached hydrogens (tertiary/aromatic N) is 3. The molecule has 1 aliphatic carbocycles. The Morgan fingerprint density at radius 3 is 2.54 bits per heavy atom. The van der Waals surface area contributed by atoms with Crippen LogP contribution in [0.1, 0.15) is 44.9 Å². The topological polar surface area (TPSA) is 45.7 Å². The molecule has 0 N–H and O–H groups in total. The monoisotopic (exact) mass is 355 g/mol. The number of likely N-dealkylation sites (tertiary alicyclic amines) is 1. The van der Waals surface area contributed by atoms with Gasteiger partial charge in [0.05, 0.1) is 5.41 Å². The smallest absolute Gasteiger partial charge is 0.312 e. The van der Waals surface area contributed by atoms with E-state index in [2.05, 4.69) is 26.9 Å². The van der Waals surface area contributed by atoms with E-state index in [0.717, 1.165) is 45.3 Å². The van der Waals surface area contributed by atoms with Crippen LogP contribution >= 0.6 is 0 Å². The largest absolute Gasteiger partial charge is 0.462 e. The van der Waals surface area contributed by atoms with Gasteiger partial charge in [0.2, 0.25) is 0 Å². The zero-order valence-corrected chi connectivity index (χ0v) is 15.5. The number of cyclic esters (lactones) is 1. The minimum atomic E-state index is -0.113. The summed E-state index contributed by atoms with van der Waals surface area (Å²) in [6.07, 6.45) is 11.7. The Balaban J connectivity index is 1.06. The molecule has 0 radical (unpaired) electrons. The number of rotatable bonds is 4. The maximum absolute atomic E-state index is 12.4. The zero-order chi connectivity index (χ0) is 17.6. The molecule has 5 heteroatoms. The quantitative estimate of drug-likeness (QED) is 0.777. The standard InChI is InChI=1S/C21H29N3O2/c25-19-21(7-2-1-3-8-21)12-18(26-19)6-11-23-13-20(14-23)15-24(16-20)17-4-9-22-10-5-17/h4-5,9-10,18H,1-3,6-8,11-16H2/t18-/m0/s1. The van der Waals surface area contributed by atoms with Crippen LogP contribution in [0, 0.1) is 10.8 Å². The lowest BCUT2D eigenvalue weighted by Crippen LogP contribution is -2.72. The SMILES string of the molecule is O=C1O[C@@H](CCN2CC3(C2)CN(c2ccncc2)C3)CC12CCCCC2. The van der Waals surface area contributed by atoms with Gasteiger partial charge in [-0.25, -0.2) is 0 Å². The molecule has 2 spiro atoms. The van der Waals surface area contributed by atoms with Gasteiger partial charge in [-0.15, -0.1) is 0 Å². The van der Waals surface area contributed by atoms with Crippen molar-refractivity contribution in [3.8, 4) is 0 Å². The van der Waals surface area contributed by atoms with E-state index in [4.69, 9.17) is 4.74 Å². The van der Waals surface area contributed by atoms with Gasteiger partial charge in [0, 0.05) is 62.6 Å². The van der Waals surface area contributed by atoms with Gasteiger partial charge in [-0.3, -0.25) is 9.78 Å². The highest BCUT2D eigenvalue weighted by molar-refractivity contribution is 5.79. The average Bonchev–Trinajstić information content (AvgIpc) is 2.89. The first-order valence-electron chi connectivity index (χ1n) is 10.3. The van der Waals surface area contributed by atoms with Crippen molar-refractivity contribution in [2.45, 2.75) is 51.0 Å². The first-order valence-corrected chi connectivity index (χ1v) is 10.3. The van der Waals surface area contributed by atoms with E-state index in [1.54, 1.807) is 0 Å². The fourth-order valence-electron chi connectivity index (χ4n) is 5.72. The van der Waals surface area contributed by atoms with Crippen LogP contribution < -0.4 is 4.90 Å². The van der Waals surface area contributed by atoms with Gasteiger partial charge in [0.1, 0.15) is 6.10 Å². The first-order chi connectivity index (χ1) is 12.7. The molecule has 0 amide bonds. The summed E-state index contributed by atoms with van der Waals surface area (Å²) in [7, 11) is 0. The summed E-state index contributed by atoms with van der Waals surface area (Å²) in [5, 5.41) is 0. The molecule has 140 valence electrons. The predicted octanol–water partition coefficient (Wildman–Crippen LogP) is 2.86. The van der Waals surface area contributed by atoms with Crippen molar-refractivity contribution in [1.29, 1.82) is 0 Å². The van der Waals surface area contributed by atoms with E-state index in [9.17, 15) is 4.79 Å². The van der Waals surface area contributed by atoms with Crippen LogP contribution in [0.3, 0.4) is 0 Å². The van der Waals surface area contributed by atoms with Crippen molar-refractivity contribution >= 4 is 11.7 Å². The molecule has 1 atom stereocenters. The number of pyridine rings is 1. The molecule has 0 bridgehead atoms. The number of anilines is 1. The Hall–Kier alpha value is -1.62. The molecule has 5 rings (SSSR count). The number of carbonyl (C=O) groups is 1. The predicted molar refractivity (Wildman–Crippen MR) is 100.0 cm³/mol. The zero-order valence-electron chi connectivity index (χ0n) is 15.5. The third kappa shape index (κ3) is 2.81. The molecule has 1 aromatic heterocycles. The van der Waals surface area contributed by atoms with Crippen LogP contribution in [0.5, 0.6) is 0 Å². The fourth-order valence-corrected chi connectivity index (χ4v) is 5.72. The Kier molecular flexibility index (Phi) is 3.96. The van der Waals surface area contributed by atoms with Crippen LogP contribution in [-0.2, 0) is 9.53 Å². The second-order valence-corrected chi connectivity index (χ2v) is 9.13. The molecule has 4 heterocycles. The molecule has 4 fully saturated rings. The highest BCUT2D eigenvalue weighted by Gasteiger charge is 2.52. The number of esters is 1. The molecule has 5 nitrogen and oxygen atoms in total. The van der Waals surface area contributed by atoms with Crippen molar-refractivity contribution in [3.63, 3.8) is 0 Å². The third-order valence-corrected chi connectivity index (χ3v) is 7.10. The number of hydrogen-bond donors (Lipinski definition) is 0. The van der Waals surface area contributed by atoms with Crippen LogP contribution in [-0.4, -0.2) is 54.7 Å². The van der Waals surface area contributed by atoms with Gasteiger partial charge in [0.15, 0.2) is 0 Å². The van der Waals surface area contributed by atoms with Crippen molar-refractivity contribution in [2.75, 3.05) is 37.6 Å². The second kappa shape index (κ2) is 6.22. The Morgan fingerprint density at radius 2 is 1.81 bits per heavy atom. The van der Waals surface area contributed by atoms with Crippen LogP contribution in [0.2, 0.25) is 0 Å². The average molecular weight is 355 g/mol. The maximum atomic E-state index is 12.4. The number of ether oxygens (including phenoxy) is 1. The van der Waals surface area contributed by atoms with Gasteiger partial charge in [-0.1, -0.05) is 19.3 Å². The molecule has 26 heavy (non-hydrogen) atoms. The summed E-state index contributed by atoms with van der Waals surface area (Å²) < 4.78 is 5.76. The van der Waals surface area contributed by atoms with E-state index in [1.807, 2.05) is 12.4 Å². The van der Waals surface area contributed by atoms with Gasteiger partial charge in [-0.2, -0.15) is 0 Å². The van der Waals surface area contributed by atoms with Gasteiger partial charge in [0.25, 0.3) is 0 Å². The summed E-state index contributed by atoms with van der Waals surface area (Å²) in [5.74, 6) is 0.106. The third-order valence-electron chi connectivity index (χ3n) is 7.10. The Morgan fingerprint density at radius 1 is 1.08 bits per heavy atom. The number of carbonyl (C=O) groups excluding carboxylic acids is 1. The lowest BCUT2D eigenvalue weighted by Gasteiger charge is -2.61. The molecule has 0 aromatic carbocycles. The molecule has 0 unspecified atom stereocenters. The van der Waals surface area contributed by atoms with Crippen molar-refractivity contribution < 1.29 is 9.53 Å². The van der Waals surface area contributed by atoms with Crippen molar-refractivity contribution in [3.05, 3.63) is 24.5 Å². The number of aromatic nitrogens is 1. The minimum Gasteiger partial charge on any atom is -0.462 e. The van der Waals surface area contributed by atoms with Gasteiger partial charge >= 0.3 is 5.97 Å². The molecule has 3 saturated heterocycles. The molecule has 1 saturated carbocycles. The molecular formula is C21H29N3O2. The Bertz CT molecular complexity index is 657. The van der Waals surface area contributed by atoms with E-state index in [0.29, 0.717) is 5.41 Å². The van der Waals surface area contributed by atoms with Crippen LogP contribution in [0.4, 0.5) is 5.69 Å². The molecule has 1 aromatic rings. The second-order valence-electron chi connectivity index (χ2n) is 9.13. The van der Waals surface area contributed by atoms with Crippen molar-refractivity contribution in [1.82, 2.24) is 9.88 Å². The summed E-state index contributed by atoms with van der Waals surface area (Å²) in [5.41, 5.74) is 1.68. The van der Waals surface area contributed by atoms with Crippen LogP contribution in [0.15, 0.2) is 24.5 Å². The van der Waals surface area contributed by atoms with E-state index in [-0.39, 0.29) is 17.5 Å². The molecule has 3 aliphatic heterocycles. The summed E-state index contributed by atoms with van der Waals surface area (Å²) >= 11 is 0. The first kappa shape index (κ1) is 16.5. The lowest BCUT2D eigenvalue weighted by molar-refractivity contribution is -0.150. The highest BCUT2D eigenvalue weighted by Crippen LogP contribution is 2.47. The minimum absolute atomic E-state index is 0.106. The lowest BCUT2D eigenvalue weighted by atomic mass is 9.71. The molecule has 4 aliphatic rings. The van der Waals surface area contributed by atoms with E-state index < -0.39 is 0 Å². The Labute approximate surface area is 155 Å². The number of hydrogen-bond acceptors (Lipinski definition) is 5. The van der Waals surface area contributed by atoms with E-state index in [1.165, 1.54) is 38.0 Å². The summed E-state index contributed by atoms with van der Waals surface area (Å²) in [4.78, 5) is 21.5. The van der Waals surface area contributed by atoms with Crippen LogP contribution in [0.25, 0.3) is 0 Å². The normalized spacial score (nSPS) is 29.5. The van der Waals surface area contributed by atoms with Crippen molar-refractivity contribution in [2.24, 2.45) is 10.8 Å².